The highest BCUT2D eigenvalue weighted by Crippen LogP contribution is 2.40. The third-order valence-electron chi connectivity index (χ3n) is 6.81. The molecule has 38 heavy (non-hydrogen) atoms. The Morgan fingerprint density at radius 2 is 1.39 bits per heavy atom. The monoisotopic (exact) mass is 571 g/mol. The van der Waals surface area contributed by atoms with Gasteiger partial charge < -0.3 is 0 Å². The second-order valence-corrected chi connectivity index (χ2v) is 11.3. The van der Waals surface area contributed by atoms with E-state index in [0.29, 0.717) is 17.5 Å². The van der Waals surface area contributed by atoms with Gasteiger partial charge in [-0.3, -0.25) is 0 Å². The summed E-state index contributed by atoms with van der Waals surface area (Å²) in [5.74, 6) is 2.03. The van der Waals surface area contributed by atoms with E-state index in [0.717, 1.165) is 34.0 Å². The molecule has 0 unspecified atom stereocenters. The number of benzene rings is 4. The minimum absolute atomic E-state index is 0.672. The van der Waals surface area contributed by atoms with Crippen LogP contribution in [0.2, 0.25) is 0 Å². The highest BCUT2D eigenvalue weighted by atomic mass is 79.9. The van der Waals surface area contributed by atoms with E-state index in [2.05, 4.69) is 107 Å². The van der Waals surface area contributed by atoms with Gasteiger partial charge in [0.2, 0.25) is 0 Å². The van der Waals surface area contributed by atoms with E-state index >= 15 is 0 Å². The number of fused-ring (bicyclic) bond motifs is 3. The van der Waals surface area contributed by atoms with Crippen LogP contribution >= 0.6 is 27.3 Å². The summed E-state index contributed by atoms with van der Waals surface area (Å²) in [7, 11) is 0. The molecule has 182 valence electrons. The van der Waals surface area contributed by atoms with Gasteiger partial charge in [0.25, 0.3) is 0 Å². The lowest BCUT2D eigenvalue weighted by Crippen LogP contribution is -2.00. The van der Waals surface area contributed by atoms with Gasteiger partial charge in [-0.25, -0.2) is 15.0 Å². The number of rotatable bonds is 4. The Bertz CT molecular complexity index is 1890. The van der Waals surface area contributed by atoms with Gasteiger partial charge in [-0.05, 0) is 54.3 Å². The third kappa shape index (κ3) is 4.28. The molecule has 0 amide bonds. The van der Waals surface area contributed by atoms with Crippen molar-refractivity contribution in [2.45, 2.75) is 12.8 Å². The number of aromatic nitrogens is 3. The van der Waals surface area contributed by atoms with Gasteiger partial charge in [-0.2, -0.15) is 0 Å². The van der Waals surface area contributed by atoms with Crippen molar-refractivity contribution in [3.05, 3.63) is 119 Å². The number of thiophene rings is 1. The lowest BCUT2D eigenvalue weighted by atomic mass is 9.98. The van der Waals surface area contributed by atoms with Gasteiger partial charge >= 0.3 is 0 Å². The van der Waals surface area contributed by atoms with Crippen molar-refractivity contribution in [1.29, 1.82) is 0 Å². The van der Waals surface area contributed by atoms with E-state index < -0.39 is 0 Å². The summed E-state index contributed by atoms with van der Waals surface area (Å²) < 4.78 is 3.52. The van der Waals surface area contributed by atoms with Crippen LogP contribution in [0, 0.1) is 0 Å². The fourth-order valence-electron chi connectivity index (χ4n) is 4.99. The van der Waals surface area contributed by atoms with Crippen LogP contribution < -0.4 is 0 Å². The van der Waals surface area contributed by atoms with Crippen molar-refractivity contribution in [2.75, 3.05) is 0 Å². The zero-order valence-electron chi connectivity index (χ0n) is 20.4. The maximum Gasteiger partial charge on any atom is 0.164 e. The maximum absolute atomic E-state index is 5.08. The van der Waals surface area contributed by atoms with Gasteiger partial charge in [-0.1, -0.05) is 94.8 Å². The zero-order valence-corrected chi connectivity index (χ0v) is 22.8. The molecule has 0 saturated heterocycles. The topological polar surface area (TPSA) is 38.7 Å². The molecular weight excluding hydrogens is 550 g/mol. The summed E-state index contributed by atoms with van der Waals surface area (Å²) in [5, 5.41) is 2.38. The Morgan fingerprint density at radius 1 is 0.632 bits per heavy atom. The van der Waals surface area contributed by atoms with Crippen molar-refractivity contribution >= 4 is 53.0 Å². The largest absolute Gasteiger partial charge is 0.208 e. The molecule has 2 aromatic heterocycles. The first kappa shape index (κ1) is 23.2. The molecule has 0 radical (unpaired) electrons. The lowest BCUT2D eigenvalue weighted by Gasteiger charge is -2.11. The van der Waals surface area contributed by atoms with Crippen molar-refractivity contribution in [1.82, 2.24) is 15.0 Å². The Hall–Kier alpha value is -3.93. The molecule has 2 heterocycles. The van der Waals surface area contributed by atoms with Gasteiger partial charge in [0.05, 0.1) is 0 Å². The second kappa shape index (κ2) is 9.75. The van der Waals surface area contributed by atoms with Crippen LogP contribution in [0.15, 0.2) is 114 Å². The number of nitrogens with zero attached hydrogens (tertiary/aromatic N) is 3. The molecule has 3 nitrogen and oxygen atoms in total. The van der Waals surface area contributed by atoms with E-state index in [4.69, 9.17) is 15.0 Å². The minimum Gasteiger partial charge on any atom is -0.208 e. The molecular formula is C33H22BrN3S. The number of allylic oxidation sites excluding steroid dienone is 4. The fraction of sp³-hybridized carbons (Fsp3) is 0.0606. The van der Waals surface area contributed by atoms with Crippen molar-refractivity contribution in [3.8, 4) is 34.2 Å². The molecule has 0 spiro atoms. The Balaban J connectivity index is 1.46. The smallest absolute Gasteiger partial charge is 0.164 e. The summed E-state index contributed by atoms with van der Waals surface area (Å²) in [6.45, 7) is 0. The van der Waals surface area contributed by atoms with E-state index in [1.807, 2.05) is 18.2 Å². The molecule has 0 bridgehead atoms. The van der Waals surface area contributed by atoms with Crippen LogP contribution in [0.25, 0.3) is 59.9 Å². The molecule has 0 fully saturated rings. The Labute approximate surface area is 233 Å². The second-order valence-electron chi connectivity index (χ2n) is 9.31. The van der Waals surface area contributed by atoms with E-state index in [9.17, 15) is 0 Å². The van der Waals surface area contributed by atoms with Crippen molar-refractivity contribution < 1.29 is 0 Å². The van der Waals surface area contributed by atoms with Crippen LogP contribution in [-0.2, 0) is 0 Å². The molecule has 0 N–H and O–H groups in total. The summed E-state index contributed by atoms with van der Waals surface area (Å²) in [6, 6.07) is 31.5. The van der Waals surface area contributed by atoms with Gasteiger partial charge in [0.1, 0.15) is 0 Å². The maximum atomic E-state index is 5.08. The first-order valence-corrected chi connectivity index (χ1v) is 14.2. The van der Waals surface area contributed by atoms with Crippen LogP contribution in [0.1, 0.15) is 18.4 Å². The van der Waals surface area contributed by atoms with Crippen molar-refractivity contribution in [2.24, 2.45) is 0 Å². The summed E-state index contributed by atoms with van der Waals surface area (Å²) in [5.41, 5.74) is 5.39. The highest BCUT2D eigenvalue weighted by Gasteiger charge is 2.17. The molecule has 0 atom stereocenters. The van der Waals surface area contributed by atoms with Crippen LogP contribution in [0.4, 0.5) is 0 Å². The zero-order chi connectivity index (χ0) is 25.5. The predicted molar refractivity (Wildman–Crippen MR) is 163 cm³/mol. The van der Waals surface area contributed by atoms with Gasteiger partial charge in [0, 0.05) is 41.3 Å². The van der Waals surface area contributed by atoms with E-state index in [1.54, 1.807) is 11.3 Å². The number of hydrogen-bond acceptors (Lipinski definition) is 4. The molecule has 0 saturated carbocycles. The van der Waals surface area contributed by atoms with Crippen LogP contribution in [0.5, 0.6) is 0 Å². The number of halogens is 1. The van der Waals surface area contributed by atoms with Gasteiger partial charge in [-0.15, -0.1) is 11.3 Å². The van der Waals surface area contributed by atoms with Crippen molar-refractivity contribution in [3.63, 3.8) is 0 Å². The van der Waals surface area contributed by atoms with Gasteiger partial charge in [0.15, 0.2) is 17.5 Å². The summed E-state index contributed by atoms with van der Waals surface area (Å²) in [4.78, 5) is 15.1. The SMILES string of the molecule is Brc1ccc2sc3cccc(-c4nc(-c5ccccc5)nc(-c5cccc(C6=CCCC=C6)c5)n4)c3c2c1. The minimum atomic E-state index is 0.672. The Kier molecular flexibility index (Phi) is 5.95. The summed E-state index contributed by atoms with van der Waals surface area (Å²) in [6.07, 6.45) is 8.91. The molecule has 4 aromatic carbocycles. The molecule has 1 aliphatic carbocycles. The first-order valence-electron chi connectivity index (χ1n) is 12.6. The third-order valence-corrected chi connectivity index (χ3v) is 8.44. The van der Waals surface area contributed by atoms with E-state index in [1.165, 1.54) is 31.3 Å². The first-order chi connectivity index (χ1) is 18.7. The molecule has 7 rings (SSSR count). The quantitative estimate of drug-likeness (QED) is 0.211. The standard InChI is InChI=1S/C33H22BrN3S/c34-25-17-18-28-27(20-25)30-26(15-8-16-29(30)38-28)33-36-31(22-11-5-2-6-12-22)35-32(37-33)24-14-7-13-23(19-24)21-9-3-1-4-10-21/h2-3,5-20H,1,4H2. The average Bonchev–Trinajstić information content (AvgIpc) is 3.36. The van der Waals surface area contributed by atoms with Crippen LogP contribution in [0.3, 0.4) is 0 Å². The fourth-order valence-corrected chi connectivity index (χ4v) is 6.47. The van der Waals surface area contributed by atoms with E-state index in [-0.39, 0.29) is 0 Å². The Morgan fingerprint density at radius 3 is 2.24 bits per heavy atom. The molecule has 0 aliphatic heterocycles. The van der Waals surface area contributed by atoms with Crippen LogP contribution in [-0.4, -0.2) is 15.0 Å². The molecule has 5 heteroatoms. The lowest BCUT2D eigenvalue weighted by molar-refractivity contribution is 1.04. The summed E-state index contributed by atoms with van der Waals surface area (Å²) >= 11 is 5.46. The predicted octanol–water partition coefficient (Wildman–Crippen LogP) is 9.74. The highest BCUT2D eigenvalue weighted by molar-refractivity contribution is 9.10. The average molecular weight is 573 g/mol. The molecule has 1 aliphatic rings. The molecule has 6 aromatic rings. The number of hydrogen-bond donors (Lipinski definition) is 0. The normalized spacial score (nSPS) is 13.2.